The summed E-state index contributed by atoms with van der Waals surface area (Å²) < 4.78 is 2.16. The van der Waals surface area contributed by atoms with Gasteiger partial charge in [0.25, 0.3) is 5.69 Å². The van der Waals surface area contributed by atoms with Crippen molar-refractivity contribution in [3.8, 4) is 5.69 Å². The van der Waals surface area contributed by atoms with Gasteiger partial charge in [-0.25, -0.2) is 0 Å². The maximum Gasteiger partial charge on any atom is 0.271 e. The van der Waals surface area contributed by atoms with E-state index in [2.05, 4.69) is 36.8 Å². The molecule has 0 saturated heterocycles. The number of aromatic nitrogens is 4. The predicted molar refractivity (Wildman–Crippen MR) is 80.1 cm³/mol. The quantitative estimate of drug-likeness (QED) is 0.667. The fraction of sp³-hybridized carbons (Fsp3) is 0.417. The van der Waals surface area contributed by atoms with Gasteiger partial charge in [-0.3, -0.25) is 10.1 Å². The third-order valence-electron chi connectivity index (χ3n) is 2.68. The number of nitro groups is 1. The van der Waals surface area contributed by atoms with Crippen LogP contribution in [-0.4, -0.2) is 30.7 Å². The molecule has 1 aromatic carbocycles. The largest absolute Gasteiger partial charge is 0.305 e. The number of hydrogen-bond acceptors (Lipinski definition) is 6. The van der Waals surface area contributed by atoms with Gasteiger partial charge in [-0.2, -0.15) is 4.68 Å². The summed E-state index contributed by atoms with van der Waals surface area (Å²) in [5.41, 5.74) is 0.426. The van der Waals surface area contributed by atoms with Crippen molar-refractivity contribution in [2.45, 2.75) is 32.9 Å². The van der Waals surface area contributed by atoms with E-state index in [0.717, 1.165) is 0 Å². The number of nitrogens with one attached hydrogen (secondary N) is 1. The maximum atomic E-state index is 10.9. The number of benzene rings is 1. The molecule has 21 heavy (non-hydrogen) atoms. The number of rotatable bonds is 4. The minimum Gasteiger partial charge on any atom is -0.305 e. The first kappa shape index (κ1) is 15.5. The van der Waals surface area contributed by atoms with E-state index < -0.39 is 4.92 Å². The molecule has 0 spiro atoms. The van der Waals surface area contributed by atoms with Crippen molar-refractivity contribution < 1.29 is 4.92 Å². The van der Waals surface area contributed by atoms with Crippen molar-refractivity contribution in [1.29, 1.82) is 0 Å². The summed E-state index contributed by atoms with van der Waals surface area (Å²) in [5, 5.41) is 25.7. The van der Waals surface area contributed by atoms with Crippen molar-refractivity contribution in [1.82, 2.24) is 25.5 Å². The Morgan fingerprint density at radius 1 is 1.43 bits per heavy atom. The number of halogens is 1. The van der Waals surface area contributed by atoms with Crippen molar-refractivity contribution in [2.24, 2.45) is 0 Å². The topological polar surface area (TPSA) is 98.8 Å². The Hall–Kier alpha value is -1.87. The summed E-state index contributed by atoms with van der Waals surface area (Å²) in [6, 6.07) is 4.46. The monoisotopic (exact) mass is 354 g/mol. The van der Waals surface area contributed by atoms with Crippen LogP contribution in [0.15, 0.2) is 22.7 Å². The Bertz CT molecular complexity index is 664. The second kappa shape index (κ2) is 5.86. The zero-order valence-corrected chi connectivity index (χ0v) is 13.5. The highest BCUT2D eigenvalue weighted by Gasteiger charge is 2.17. The van der Waals surface area contributed by atoms with Crippen LogP contribution in [0.5, 0.6) is 0 Å². The Labute approximate surface area is 129 Å². The lowest BCUT2D eigenvalue weighted by Crippen LogP contribution is -2.36. The minimum absolute atomic E-state index is 0.0153. The lowest BCUT2D eigenvalue weighted by atomic mass is 10.1. The molecular formula is C12H15BrN6O2. The van der Waals surface area contributed by atoms with Gasteiger partial charge in [0.1, 0.15) is 0 Å². The summed E-state index contributed by atoms with van der Waals surface area (Å²) in [6.45, 7) is 6.55. The summed E-state index contributed by atoms with van der Waals surface area (Å²) in [4.78, 5) is 10.4. The van der Waals surface area contributed by atoms with E-state index in [-0.39, 0.29) is 11.2 Å². The normalized spacial score (nSPS) is 11.6. The molecule has 2 aromatic rings. The van der Waals surface area contributed by atoms with Gasteiger partial charge < -0.3 is 5.32 Å². The number of nitro benzene ring substituents is 1. The lowest BCUT2D eigenvalue weighted by molar-refractivity contribution is -0.384. The number of hydrogen-bond donors (Lipinski definition) is 1. The molecule has 1 heterocycles. The third-order valence-corrected chi connectivity index (χ3v) is 3.35. The SMILES string of the molecule is CC(C)(C)NCc1nnnn1-c1cc([N+](=O)[O-])ccc1Br. The Balaban J connectivity index is 2.37. The Kier molecular flexibility index (Phi) is 4.33. The molecule has 0 aliphatic heterocycles. The van der Waals surface area contributed by atoms with Crippen LogP contribution in [0.2, 0.25) is 0 Å². The maximum absolute atomic E-state index is 10.9. The smallest absolute Gasteiger partial charge is 0.271 e. The summed E-state index contributed by atoms with van der Waals surface area (Å²) in [7, 11) is 0. The van der Waals surface area contributed by atoms with Gasteiger partial charge >= 0.3 is 0 Å². The second-order valence-corrected chi connectivity index (χ2v) is 6.36. The molecule has 0 radical (unpaired) electrons. The molecule has 0 atom stereocenters. The number of tetrazole rings is 1. The van der Waals surface area contributed by atoms with Crippen LogP contribution >= 0.6 is 15.9 Å². The first-order valence-corrected chi connectivity index (χ1v) is 7.04. The molecule has 0 amide bonds. The van der Waals surface area contributed by atoms with Crippen LogP contribution in [0.3, 0.4) is 0 Å². The van der Waals surface area contributed by atoms with E-state index in [1.54, 1.807) is 6.07 Å². The standard InChI is InChI=1S/C12H15BrN6O2/c1-12(2,3)14-7-11-15-16-17-18(11)10-6-8(19(20)21)4-5-9(10)13/h4-6,14H,7H2,1-3H3. The first-order valence-electron chi connectivity index (χ1n) is 6.24. The van der Waals surface area contributed by atoms with Crippen molar-refractivity contribution >= 4 is 21.6 Å². The Morgan fingerprint density at radius 3 is 2.76 bits per heavy atom. The van der Waals surface area contributed by atoms with Crippen LogP contribution in [-0.2, 0) is 6.54 Å². The highest BCUT2D eigenvalue weighted by Crippen LogP contribution is 2.25. The lowest BCUT2D eigenvalue weighted by Gasteiger charge is -2.20. The highest BCUT2D eigenvalue weighted by molar-refractivity contribution is 9.10. The van der Waals surface area contributed by atoms with Gasteiger partial charge in [-0.05, 0) is 53.2 Å². The van der Waals surface area contributed by atoms with Gasteiger partial charge in [0.05, 0.1) is 17.2 Å². The summed E-state index contributed by atoms with van der Waals surface area (Å²) in [6.07, 6.45) is 0. The molecule has 0 unspecified atom stereocenters. The molecule has 112 valence electrons. The summed E-state index contributed by atoms with van der Waals surface area (Å²) >= 11 is 3.37. The molecule has 0 saturated carbocycles. The van der Waals surface area contributed by atoms with E-state index in [0.29, 0.717) is 22.5 Å². The summed E-state index contributed by atoms with van der Waals surface area (Å²) in [5.74, 6) is 0.575. The van der Waals surface area contributed by atoms with Gasteiger partial charge in [0, 0.05) is 22.1 Å². The minimum atomic E-state index is -0.451. The molecule has 0 bridgehead atoms. The van der Waals surface area contributed by atoms with E-state index in [1.807, 2.05) is 20.8 Å². The van der Waals surface area contributed by atoms with Crippen molar-refractivity contribution in [2.75, 3.05) is 0 Å². The van der Waals surface area contributed by atoms with Crippen LogP contribution in [0.25, 0.3) is 5.69 Å². The van der Waals surface area contributed by atoms with Crippen LogP contribution in [0.4, 0.5) is 5.69 Å². The second-order valence-electron chi connectivity index (χ2n) is 5.50. The fourth-order valence-electron chi connectivity index (χ4n) is 1.62. The van der Waals surface area contributed by atoms with Crippen molar-refractivity contribution in [3.63, 3.8) is 0 Å². The van der Waals surface area contributed by atoms with E-state index in [9.17, 15) is 10.1 Å². The molecule has 1 N–H and O–H groups in total. The molecule has 8 nitrogen and oxygen atoms in total. The molecule has 0 fully saturated rings. The fourth-order valence-corrected chi connectivity index (χ4v) is 2.04. The van der Waals surface area contributed by atoms with Gasteiger partial charge in [-0.1, -0.05) is 0 Å². The molecule has 0 aliphatic rings. The van der Waals surface area contributed by atoms with E-state index >= 15 is 0 Å². The Morgan fingerprint density at radius 2 is 2.14 bits per heavy atom. The molecule has 2 rings (SSSR count). The van der Waals surface area contributed by atoms with Gasteiger partial charge in [0.2, 0.25) is 0 Å². The molecule has 1 aromatic heterocycles. The van der Waals surface area contributed by atoms with Gasteiger partial charge in [-0.15, -0.1) is 5.10 Å². The van der Waals surface area contributed by atoms with Gasteiger partial charge in [0.15, 0.2) is 5.82 Å². The highest BCUT2D eigenvalue weighted by atomic mass is 79.9. The predicted octanol–water partition coefficient (Wildman–Crippen LogP) is 2.22. The first-order chi connectivity index (χ1) is 9.78. The third kappa shape index (κ3) is 3.82. The average Bonchev–Trinajstić information content (AvgIpc) is 2.84. The average molecular weight is 355 g/mol. The van der Waals surface area contributed by atoms with E-state index in [4.69, 9.17) is 0 Å². The van der Waals surface area contributed by atoms with Crippen LogP contribution in [0.1, 0.15) is 26.6 Å². The molecular weight excluding hydrogens is 340 g/mol. The zero-order valence-electron chi connectivity index (χ0n) is 11.9. The van der Waals surface area contributed by atoms with Crippen LogP contribution < -0.4 is 5.32 Å². The number of non-ortho nitro benzene ring substituents is 1. The molecule has 0 aliphatic carbocycles. The number of nitrogens with zero attached hydrogens (tertiary/aromatic N) is 5. The molecule has 9 heteroatoms. The van der Waals surface area contributed by atoms with Crippen molar-refractivity contribution in [3.05, 3.63) is 38.6 Å². The zero-order chi connectivity index (χ0) is 15.6. The van der Waals surface area contributed by atoms with E-state index in [1.165, 1.54) is 16.8 Å². The van der Waals surface area contributed by atoms with Crippen LogP contribution in [0, 0.1) is 10.1 Å².